The molecule has 1 atom stereocenters. The summed E-state index contributed by atoms with van der Waals surface area (Å²) < 4.78 is 5.05. The summed E-state index contributed by atoms with van der Waals surface area (Å²) in [6, 6.07) is 4.85. The molecule has 0 aliphatic rings. The highest BCUT2D eigenvalue weighted by atomic mass is 35.5. The molecule has 0 saturated carbocycles. The van der Waals surface area contributed by atoms with Crippen LogP contribution in [0.4, 0.5) is 0 Å². The van der Waals surface area contributed by atoms with Crippen molar-refractivity contribution in [2.75, 3.05) is 7.11 Å². The zero-order valence-electron chi connectivity index (χ0n) is 9.47. The normalized spacial score (nSPS) is 12.2. The SMILES string of the molecule is COc1nccnc1C(O)c1ccc(Cl)cc1Cl. The Labute approximate surface area is 114 Å². The van der Waals surface area contributed by atoms with E-state index in [1.54, 1.807) is 18.2 Å². The van der Waals surface area contributed by atoms with Gasteiger partial charge in [0.2, 0.25) is 5.88 Å². The highest BCUT2D eigenvalue weighted by Gasteiger charge is 2.20. The average Bonchev–Trinajstić information content (AvgIpc) is 2.38. The number of aliphatic hydroxyl groups excluding tert-OH is 1. The first-order chi connectivity index (χ1) is 8.63. The van der Waals surface area contributed by atoms with Crippen LogP contribution in [0.1, 0.15) is 17.4 Å². The summed E-state index contributed by atoms with van der Waals surface area (Å²) in [6.45, 7) is 0. The quantitative estimate of drug-likeness (QED) is 0.942. The van der Waals surface area contributed by atoms with Crippen LogP contribution in [0, 0.1) is 0 Å². The standard InChI is InChI=1S/C12H10Cl2N2O2/c1-18-12-10(15-4-5-16-12)11(17)8-3-2-7(13)6-9(8)14/h2-6,11,17H,1H3. The van der Waals surface area contributed by atoms with Crippen molar-refractivity contribution in [2.24, 2.45) is 0 Å². The number of nitrogens with zero attached hydrogens (tertiary/aromatic N) is 2. The summed E-state index contributed by atoms with van der Waals surface area (Å²) in [5, 5.41) is 11.1. The molecule has 6 heteroatoms. The molecule has 2 rings (SSSR count). The third-order valence-electron chi connectivity index (χ3n) is 2.40. The highest BCUT2D eigenvalue weighted by molar-refractivity contribution is 6.35. The number of methoxy groups -OCH3 is 1. The number of halogens is 2. The first-order valence-corrected chi connectivity index (χ1v) is 5.87. The Morgan fingerprint density at radius 1 is 1.22 bits per heavy atom. The van der Waals surface area contributed by atoms with Crippen LogP contribution in [-0.4, -0.2) is 22.2 Å². The number of hydrogen-bond acceptors (Lipinski definition) is 4. The second-order valence-electron chi connectivity index (χ2n) is 3.52. The topological polar surface area (TPSA) is 55.2 Å². The Bertz CT molecular complexity index is 564. The predicted molar refractivity (Wildman–Crippen MR) is 69.1 cm³/mol. The molecule has 18 heavy (non-hydrogen) atoms. The maximum absolute atomic E-state index is 10.3. The van der Waals surface area contributed by atoms with Crippen LogP contribution in [-0.2, 0) is 0 Å². The molecule has 0 aliphatic carbocycles. The molecule has 94 valence electrons. The number of hydrogen-bond donors (Lipinski definition) is 1. The van der Waals surface area contributed by atoms with E-state index in [1.165, 1.54) is 19.5 Å². The molecular weight excluding hydrogens is 275 g/mol. The molecule has 1 unspecified atom stereocenters. The highest BCUT2D eigenvalue weighted by Crippen LogP contribution is 2.32. The zero-order chi connectivity index (χ0) is 13.1. The molecule has 0 aliphatic heterocycles. The van der Waals surface area contributed by atoms with Crippen LogP contribution in [0.3, 0.4) is 0 Å². The summed E-state index contributed by atoms with van der Waals surface area (Å²) in [5.74, 6) is 0.260. The molecule has 1 N–H and O–H groups in total. The van der Waals surface area contributed by atoms with Gasteiger partial charge in [0.25, 0.3) is 0 Å². The Balaban J connectivity index is 2.44. The van der Waals surface area contributed by atoms with Gasteiger partial charge in [-0.3, -0.25) is 4.98 Å². The Morgan fingerprint density at radius 2 is 1.94 bits per heavy atom. The summed E-state index contributed by atoms with van der Waals surface area (Å²) in [5.41, 5.74) is 0.809. The van der Waals surface area contributed by atoms with Crippen LogP contribution < -0.4 is 4.74 Å². The van der Waals surface area contributed by atoms with Gasteiger partial charge in [-0.2, -0.15) is 0 Å². The van der Waals surface area contributed by atoms with Gasteiger partial charge in [-0.15, -0.1) is 0 Å². The van der Waals surface area contributed by atoms with Crippen molar-refractivity contribution in [1.29, 1.82) is 0 Å². The van der Waals surface area contributed by atoms with E-state index < -0.39 is 6.10 Å². The smallest absolute Gasteiger partial charge is 0.238 e. The fourth-order valence-corrected chi connectivity index (χ4v) is 2.06. The van der Waals surface area contributed by atoms with E-state index in [4.69, 9.17) is 27.9 Å². The summed E-state index contributed by atoms with van der Waals surface area (Å²) in [6.07, 6.45) is 1.95. The maximum Gasteiger partial charge on any atom is 0.238 e. The molecule has 0 fully saturated rings. The fraction of sp³-hybridized carbons (Fsp3) is 0.167. The lowest BCUT2D eigenvalue weighted by Crippen LogP contribution is -2.06. The lowest BCUT2D eigenvalue weighted by molar-refractivity contribution is 0.207. The molecule has 1 aromatic heterocycles. The number of benzene rings is 1. The largest absolute Gasteiger partial charge is 0.480 e. The number of ether oxygens (including phenoxy) is 1. The summed E-state index contributed by atoms with van der Waals surface area (Å²) in [4.78, 5) is 8.04. The molecule has 4 nitrogen and oxygen atoms in total. The van der Waals surface area contributed by atoms with Crippen molar-refractivity contribution >= 4 is 23.2 Å². The minimum absolute atomic E-state index is 0.260. The number of aliphatic hydroxyl groups is 1. The first-order valence-electron chi connectivity index (χ1n) is 5.11. The van der Waals surface area contributed by atoms with Crippen LogP contribution in [0.5, 0.6) is 5.88 Å². The van der Waals surface area contributed by atoms with Gasteiger partial charge in [0, 0.05) is 28.0 Å². The van der Waals surface area contributed by atoms with Crippen molar-refractivity contribution < 1.29 is 9.84 Å². The van der Waals surface area contributed by atoms with E-state index in [9.17, 15) is 5.11 Å². The minimum atomic E-state index is -1.02. The molecular formula is C12H10Cl2N2O2. The molecule has 1 aromatic carbocycles. The monoisotopic (exact) mass is 284 g/mol. The van der Waals surface area contributed by atoms with Gasteiger partial charge in [0.05, 0.1) is 7.11 Å². The van der Waals surface area contributed by atoms with Gasteiger partial charge in [-0.25, -0.2) is 4.98 Å². The fourth-order valence-electron chi connectivity index (χ4n) is 1.55. The molecule has 0 radical (unpaired) electrons. The van der Waals surface area contributed by atoms with Crippen molar-refractivity contribution in [3.8, 4) is 5.88 Å². The molecule has 0 saturated heterocycles. The zero-order valence-corrected chi connectivity index (χ0v) is 11.0. The van der Waals surface area contributed by atoms with E-state index in [1.807, 2.05) is 0 Å². The van der Waals surface area contributed by atoms with Gasteiger partial charge in [-0.1, -0.05) is 29.3 Å². The molecule has 1 heterocycles. The van der Waals surface area contributed by atoms with E-state index in [0.29, 0.717) is 21.3 Å². The van der Waals surface area contributed by atoms with Gasteiger partial charge in [0.1, 0.15) is 11.8 Å². The van der Waals surface area contributed by atoms with Crippen molar-refractivity contribution in [3.63, 3.8) is 0 Å². The number of rotatable bonds is 3. The minimum Gasteiger partial charge on any atom is -0.480 e. The molecule has 0 bridgehead atoms. The molecule has 2 aromatic rings. The van der Waals surface area contributed by atoms with Crippen LogP contribution in [0.2, 0.25) is 10.0 Å². The first kappa shape index (κ1) is 13.1. The van der Waals surface area contributed by atoms with Crippen LogP contribution >= 0.6 is 23.2 Å². The Morgan fingerprint density at radius 3 is 2.61 bits per heavy atom. The van der Waals surface area contributed by atoms with Gasteiger partial charge in [0.15, 0.2) is 0 Å². The van der Waals surface area contributed by atoms with Crippen molar-refractivity contribution in [1.82, 2.24) is 9.97 Å². The predicted octanol–water partition coefficient (Wildman–Crippen LogP) is 2.87. The molecule has 0 spiro atoms. The number of aromatic nitrogens is 2. The van der Waals surface area contributed by atoms with E-state index in [-0.39, 0.29) is 5.88 Å². The Kier molecular flexibility index (Phi) is 4.01. The van der Waals surface area contributed by atoms with Gasteiger partial charge >= 0.3 is 0 Å². The van der Waals surface area contributed by atoms with E-state index in [2.05, 4.69) is 9.97 Å². The maximum atomic E-state index is 10.3. The molecule has 0 amide bonds. The van der Waals surface area contributed by atoms with Gasteiger partial charge in [-0.05, 0) is 12.1 Å². The second-order valence-corrected chi connectivity index (χ2v) is 4.36. The second kappa shape index (κ2) is 5.52. The third kappa shape index (κ3) is 2.56. The third-order valence-corrected chi connectivity index (χ3v) is 2.96. The van der Waals surface area contributed by atoms with Crippen LogP contribution in [0.25, 0.3) is 0 Å². The van der Waals surface area contributed by atoms with Gasteiger partial charge < -0.3 is 9.84 Å². The lowest BCUT2D eigenvalue weighted by atomic mass is 10.1. The van der Waals surface area contributed by atoms with Crippen molar-refractivity contribution in [2.45, 2.75) is 6.10 Å². The van der Waals surface area contributed by atoms with Crippen LogP contribution in [0.15, 0.2) is 30.6 Å². The average molecular weight is 285 g/mol. The van der Waals surface area contributed by atoms with E-state index >= 15 is 0 Å². The summed E-state index contributed by atoms with van der Waals surface area (Å²) in [7, 11) is 1.46. The summed E-state index contributed by atoms with van der Waals surface area (Å²) >= 11 is 11.8. The van der Waals surface area contributed by atoms with Crippen molar-refractivity contribution in [3.05, 3.63) is 51.9 Å². The Hall–Kier alpha value is -1.36. The lowest BCUT2D eigenvalue weighted by Gasteiger charge is -2.14. The van der Waals surface area contributed by atoms with E-state index in [0.717, 1.165) is 0 Å².